The molecule has 0 spiro atoms. The normalized spacial score (nSPS) is 10.8. The molecule has 9 nitrogen and oxygen atoms in total. The van der Waals surface area contributed by atoms with E-state index in [1.165, 1.54) is 12.1 Å². The van der Waals surface area contributed by atoms with Gasteiger partial charge >= 0.3 is 5.69 Å². The maximum Gasteiger partial charge on any atom is 0.306 e. The summed E-state index contributed by atoms with van der Waals surface area (Å²) in [7, 11) is 0. The van der Waals surface area contributed by atoms with Crippen molar-refractivity contribution in [3.8, 4) is 22.8 Å². The highest BCUT2D eigenvalue weighted by Gasteiger charge is 2.20. The fourth-order valence-electron chi connectivity index (χ4n) is 3.09. The number of halogens is 2. The van der Waals surface area contributed by atoms with Gasteiger partial charge in [0.25, 0.3) is 0 Å². The van der Waals surface area contributed by atoms with Gasteiger partial charge in [-0.15, -0.1) is 10.2 Å². The highest BCUT2D eigenvalue weighted by molar-refractivity contribution is 9.10. The number of thioether (sulfide) groups is 1. The molecule has 0 aliphatic heterocycles. The zero-order valence-corrected chi connectivity index (χ0v) is 19.6. The molecule has 1 heterocycles. The number of carbonyl (C=O) groups is 1. The van der Waals surface area contributed by atoms with E-state index >= 15 is 0 Å². The first kappa shape index (κ1) is 23.4. The van der Waals surface area contributed by atoms with Gasteiger partial charge in [-0.05, 0) is 42.5 Å². The van der Waals surface area contributed by atoms with Gasteiger partial charge in [-0.1, -0.05) is 45.9 Å². The number of benzene rings is 3. The molecule has 0 radical (unpaired) electrons. The topological polar surface area (TPSA) is 123 Å². The van der Waals surface area contributed by atoms with Gasteiger partial charge in [-0.3, -0.25) is 19.5 Å². The zero-order chi connectivity index (χ0) is 24.2. The number of nitrogens with zero attached hydrogens (tertiary/aromatic N) is 4. The monoisotopic (exact) mass is 543 g/mol. The van der Waals surface area contributed by atoms with Gasteiger partial charge in [-0.2, -0.15) is 4.39 Å². The molecule has 0 aliphatic carbocycles. The van der Waals surface area contributed by atoms with E-state index in [2.05, 4.69) is 31.4 Å². The minimum absolute atomic E-state index is 0.0139. The van der Waals surface area contributed by atoms with E-state index in [1.54, 1.807) is 16.7 Å². The average molecular weight is 544 g/mol. The van der Waals surface area contributed by atoms with Crippen molar-refractivity contribution in [1.29, 1.82) is 0 Å². The summed E-state index contributed by atoms with van der Waals surface area (Å²) in [5.74, 6) is -1.17. The largest absolute Gasteiger partial charge is 0.507 e. The van der Waals surface area contributed by atoms with Crippen LogP contribution in [0, 0.1) is 15.9 Å². The number of aromatic hydroxyl groups is 1. The molecule has 0 saturated carbocycles. The lowest BCUT2D eigenvalue weighted by Crippen LogP contribution is -2.15. The van der Waals surface area contributed by atoms with Gasteiger partial charge in [0.15, 0.2) is 11.0 Å². The SMILES string of the molecule is O=C(CSc1nnc(-c2cc(Br)ccc2O)n1-c1ccccc1)Nc1ccc(F)c([N+](=O)[O-])c1. The molecular weight excluding hydrogens is 529 g/mol. The Morgan fingerprint density at radius 2 is 1.91 bits per heavy atom. The smallest absolute Gasteiger partial charge is 0.306 e. The third-order valence-corrected chi connectivity index (χ3v) is 6.03. The van der Waals surface area contributed by atoms with Gasteiger partial charge < -0.3 is 10.4 Å². The van der Waals surface area contributed by atoms with Crippen molar-refractivity contribution in [2.24, 2.45) is 0 Å². The number of hydrogen-bond acceptors (Lipinski definition) is 7. The Morgan fingerprint density at radius 1 is 1.15 bits per heavy atom. The van der Waals surface area contributed by atoms with Gasteiger partial charge in [0.05, 0.1) is 16.2 Å². The second-order valence-corrected chi connectivity index (χ2v) is 8.76. The van der Waals surface area contributed by atoms with E-state index < -0.39 is 22.3 Å². The summed E-state index contributed by atoms with van der Waals surface area (Å²) in [5.41, 5.74) is 0.537. The van der Waals surface area contributed by atoms with Crippen LogP contribution in [0.25, 0.3) is 17.1 Å². The molecule has 0 fully saturated rings. The van der Waals surface area contributed by atoms with Gasteiger partial charge in [0, 0.05) is 21.9 Å². The van der Waals surface area contributed by atoms with Crippen LogP contribution >= 0.6 is 27.7 Å². The zero-order valence-electron chi connectivity index (χ0n) is 17.2. The number of anilines is 1. The summed E-state index contributed by atoms with van der Waals surface area (Å²) < 4.78 is 16.0. The highest BCUT2D eigenvalue weighted by atomic mass is 79.9. The van der Waals surface area contributed by atoms with Crippen LogP contribution in [0.15, 0.2) is 76.4 Å². The molecule has 0 aliphatic rings. The van der Waals surface area contributed by atoms with Crippen LogP contribution in [0.2, 0.25) is 0 Å². The van der Waals surface area contributed by atoms with Crippen molar-refractivity contribution in [2.75, 3.05) is 11.1 Å². The molecule has 0 saturated heterocycles. The fraction of sp³-hybridized carbons (Fsp3) is 0.0455. The summed E-state index contributed by atoms with van der Waals surface area (Å²) in [4.78, 5) is 22.5. The summed E-state index contributed by atoms with van der Waals surface area (Å²) >= 11 is 4.47. The molecule has 4 aromatic rings. The standard InChI is InChI=1S/C22H15BrFN5O4S/c23-13-6-9-19(30)16(10-13)21-26-27-22(28(21)15-4-2-1-3-5-15)34-12-20(31)25-14-7-8-17(24)18(11-14)29(32)33/h1-11,30H,12H2,(H,25,31). The van der Waals surface area contributed by atoms with Crippen LogP contribution in [0.4, 0.5) is 15.8 Å². The van der Waals surface area contributed by atoms with Crippen LogP contribution in [-0.2, 0) is 4.79 Å². The Kier molecular flexibility index (Phi) is 6.89. The Balaban J connectivity index is 1.60. The molecule has 34 heavy (non-hydrogen) atoms. The summed E-state index contributed by atoms with van der Waals surface area (Å²) in [5, 5.41) is 32.6. The molecular formula is C22H15BrFN5O4S. The summed E-state index contributed by atoms with van der Waals surface area (Å²) in [6.45, 7) is 0. The first-order valence-corrected chi connectivity index (χ1v) is 11.5. The van der Waals surface area contributed by atoms with E-state index in [-0.39, 0.29) is 17.2 Å². The van der Waals surface area contributed by atoms with Crippen molar-refractivity contribution < 1.29 is 19.2 Å². The third kappa shape index (κ3) is 5.07. The Labute approximate surface area is 204 Å². The quantitative estimate of drug-likeness (QED) is 0.187. The predicted molar refractivity (Wildman–Crippen MR) is 129 cm³/mol. The van der Waals surface area contributed by atoms with Crippen LogP contribution in [0.1, 0.15) is 0 Å². The first-order valence-electron chi connectivity index (χ1n) is 9.70. The van der Waals surface area contributed by atoms with Crippen molar-refractivity contribution in [3.63, 3.8) is 0 Å². The number of phenolic OH excluding ortho intramolecular Hbond substituents is 1. The Morgan fingerprint density at radius 3 is 2.65 bits per heavy atom. The number of nitro benzene ring substituents is 1. The van der Waals surface area contributed by atoms with E-state index in [4.69, 9.17) is 0 Å². The number of hydrogen-bond donors (Lipinski definition) is 2. The molecule has 0 bridgehead atoms. The average Bonchev–Trinajstić information content (AvgIpc) is 3.24. The first-order chi connectivity index (χ1) is 16.3. The van der Waals surface area contributed by atoms with Gasteiger partial charge in [0.2, 0.25) is 11.7 Å². The van der Waals surface area contributed by atoms with Crippen molar-refractivity contribution in [2.45, 2.75) is 5.16 Å². The van der Waals surface area contributed by atoms with E-state index in [0.29, 0.717) is 16.5 Å². The van der Waals surface area contributed by atoms with Crippen LogP contribution < -0.4 is 5.32 Å². The van der Waals surface area contributed by atoms with E-state index in [0.717, 1.165) is 34.1 Å². The van der Waals surface area contributed by atoms with Gasteiger partial charge in [-0.25, -0.2) is 0 Å². The molecule has 12 heteroatoms. The Bertz CT molecular complexity index is 1380. The van der Waals surface area contributed by atoms with E-state index in [9.17, 15) is 24.4 Å². The van der Waals surface area contributed by atoms with Crippen molar-refractivity contribution >= 4 is 45.0 Å². The number of nitrogens with one attached hydrogen (secondary N) is 1. The maximum atomic E-state index is 13.5. The van der Waals surface area contributed by atoms with Crippen LogP contribution in [-0.4, -0.2) is 36.5 Å². The molecule has 4 rings (SSSR count). The minimum Gasteiger partial charge on any atom is -0.507 e. The molecule has 172 valence electrons. The lowest BCUT2D eigenvalue weighted by atomic mass is 10.2. The molecule has 1 aromatic heterocycles. The van der Waals surface area contributed by atoms with Crippen molar-refractivity contribution in [3.05, 3.63) is 87.1 Å². The summed E-state index contributed by atoms with van der Waals surface area (Å²) in [6, 6.07) is 17.3. The van der Waals surface area contributed by atoms with Crippen molar-refractivity contribution in [1.82, 2.24) is 14.8 Å². The van der Waals surface area contributed by atoms with E-state index in [1.807, 2.05) is 30.3 Å². The maximum absolute atomic E-state index is 13.5. The number of carbonyl (C=O) groups excluding carboxylic acids is 1. The second-order valence-electron chi connectivity index (χ2n) is 6.90. The molecule has 0 atom stereocenters. The molecule has 2 N–H and O–H groups in total. The number of phenols is 1. The number of rotatable bonds is 7. The van der Waals surface area contributed by atoms with Crippen LogP contribution in [0.5, 0.6) is 5.75 Å². The minimum atomic E-state index is -0.989. The lowest BCUT2D eigenvalue weighted by Gasteiger charge is -2.11. The highest BCUT2D eigenvalue weighted by Crippen LogP contribution is 2.34. The third-order valence-electron chi connectivity index (χ3n) is 4.61. The molecule has 1 amide bonds. The van der Waals surface area contributed by atoms with Gasteiger partial charge in [0.1, 0.15) is 5.75 Å². The lowest BCUT2D eigenvalue weighted by molar-refractivity contribution is -0.387. The number of amides is 1. The predicted octanol–water partition coefficient (Wildman–Crippen LogP) is 5.18. The Hall–Kier alpha value is -3.77. The van der Waals surface area contributed by atoms with Crippen LogP contribution in [0.3, 0.4) is 0 Å². The number of para-hydroxylation sites is 1. The second kappa shape index (κ2) is 10.0. The number of nitro groups is 1. The fourth-order valence-corrected chi connectivity index (χ4v) is 4.21. The summed E-state index contributed by atoms with van der Waals surface area (Å²) in [6.07, 6.45) is 0. The molecule has 3 aromatic carbocycles. The molecule has 0 unspecified atom stereocenters. The number of aromatic nitrogens is 3.